The number of ether oxygens (including phenoxy) is 2. The number of hydrogen-bond donors (Lipinski definition) is 2. The van der Waals surface area contributed by atoms with E-state index in [1.54, 1.807) is 0 Å². The first-order chi connectivity index (χ1) is 11.7. The second-order valence-corrected chi connectivity index (χ2v) is 6.48. The molecule has 1 amide bonds. The number of carbonyl (C=O) groups excluding carboxylic acids is 1. The summed E-state index contributed by atoms with van der Waals surface area (Å²) in [6.07, 6.45) is -4.21. The topological polar surface area (TPSA) is 84.9 Å². The third-order valence-electron chi connectivity index (χ3n) is 3.41. The van der Waals surface area contributed by atoms with Crippen molar-refractivity contribution < 1.29 is 37.3 Å². The van der Waals surface area contributed by atoms with Gasteiger partial charge >= 0.3 is 12.1 Å². The second kappa shape index (κ2) is 7.85. The maximum absolute atomic E-state index is 12.2. The van der Waals surface area contributed by atoms with Gasteiger partial charge in [-0.1, -0.05) is 12.1 Å². The Bertz CT molecular complexity index is 632. The minimum absolute atomic E-state index is 0.0351. The summed E-state index contributed by atoms with van der Waals surface area (Å²) in [4.78, 5) is 23.4. The van der Waals surface area contributed by atoms with Gasteiger partial charge in [-0.05, 0) is 24.3 Å². The molecule has 1 fully saturated rings. The Kier molecular flexibility index (Phi) is 6.04. The Morgan fingerprint density at radius 3 is 2.40 bits per heavy atom. The SMILES string of the molecule is O=C(COc1ccccc1OCC(F)(F)F)NC1(C(=O)O)CCSC1. The van der Waals surface area contributed by atoms with Gasteiger partial charge in [-0.25, -0.2) is 4.79 Å². The van der Waals surface area contributed by atoms with E-state index in [-0.39, 0.29) is 17.3 Å². The van der Waals surface area contributed by atoms with Crippen LogP contribution in [0.4, 0.5) is 13.2 Å². The molecule has 138 valence electrons. The Labute approximate surface area is 145 Å². The Balaban J connectivity index is 1.94. The molecule has 0 bridgehead atoms. The maximum Gasteiger partial charge on any atom is 0.422 e. The number of amides is 1. The fourth-order valence-electron chi connectivity index (χ4n) is 2.18. The van der Waals surface area contributed by atoms with Crippen molar-refractivity contribution in [2.24, 2.45) is 0 Å². The van der Waals surface area contributed by atoms with Crippen LogP contribution in [0.25, 0.3) is 0 Å². The average Bonchev–Trinajstić information content (AvgIpc) is 3.01. The first-order valence-corrected chi connectivity index (χ1v) is 8.41. The molecule has 1 saturated heterocycles. The van der Waals surface area contributed by atoms with Crippen molar-refractivity contribution >= 4 is 23.6 Å². The molecule has 1 heterocycles. The first kappa shape index (κ1) is 19.2. The Morgan fingerprint density at radius 1 is 1.24 bits per heavy atom. The molecule has 1 aromatic rings. The molecule has 0 spiro atoms. The average molecular weight is 379 g/mol. The van der Waals surface area contributed by atoms with E-state index < -0.39 is 36.8 Å². The molecule has 1 aliphatic rings. The minimum Gasteiger partial charge on any atom is -0.480 e. The molecule has 0 radical (unpaired) electrons. The van der Waals surface area contributed by atoms with Crippen molar-refractivity contribution in [3.63, 3.8) is 0 Å². The van der Waals surface area contributed by atoms with E-state index in [0.29, 0.717) is 12.2 Å². The Morgan fingerprint density at radius 2 is 1.88 bits per heavy atom. The molecule has 1 aromatic carbocycles. The number of aliphatic carboxylic acids is 1. The lowest BCUT2D eigenvalue weighted by Crippen LogP contribution is -2.55. The fraction of sp³-hybridized carbons (Fsp3) is 0.467. The van der Waals surface area contributed by atoms with Crippen LogP contribution in [0, 0.1) is 0 Å². The number of nitrogens with one attached hydrogen (secondary N) is 1. The summed E-state index contributed by atoms with van der Waals surface area (Å²) in [7, 11) is 0. The van der Waals surface area contributed by atoms with Crippen LogP contribution in [-0.2, 0) is 9.59 Å². The van der Waals surface area contributed by atoms with Gasteiger partial charge < -0.3 is 19.9 Å². The van der Waals surface area contributed by atoms with Crippen molar-refractivity contribution in [3.8, 4) is 11.5 Å². The van der Waals surface area contributed by atoms with E-state index in [9.17, 15) is 27.9 Å². The van der Waals surface area contributed by atoms with Crippen LogP contribution in [0.2, 0.25) is 0 Å². The number of rotatable bonds is 7. The number of benzene rings is 1. The van der Waals surface area contributed by atoms with E-state index in [0.717, 1.165) is 0 Å². The molecule has 10 heteroatoms. The fourth-order valence-corrected chi connectivity index (χ4v) is 3.51. The predicted molar refractivity (Wildman–Crippen MR) is 83.9 cm³/mol. The molecule has 0 saturated carbocycles. The Hall–Kier alpha value is -2.10. The summed E-state index contributed by atoms with van der Waals surface area (Å²) in [5.41, 5.74) is -1.34. The van der Waals surface area contributed by atoms with Gasteiger partial charge in [0.15, 0.2) is 24.7 Å². The zero-order valence-electron chi connectivity index (χ0n) is 13.0. The normalized spacial score (nSPS) is 20.1. The highest BCUT2D eigenvalue weighted by Crippen LogP contribution is 2.30. The monoisotopic (exact) mass is 379 g/mol. The summed E-state index contributed by atoms with van der Waals surface area (Å²) < 4.78 is 46.6. The van der Waals surface area contributed by atoms with Crippen LogP contribution in [0.3, 0.4) is 0 Å². The summed E-state index contributed by atoms with van der Waals surface area (Å²) in [5.74, 6) is -1.12. The standard InChI is InChI=1S/C15H16F3NO5S/c16-15(17,18)8-24-11-4-2-1-3-10(11)23-7-12(20)19-14(13(21)22)5-6-25-9-14/h1-4H,5-9H2,(H,19,20)(H,21,22). The molecule has 2 N–H and O–H groups in total. The molecule has 25 heavy (non-hydrogen) atoms. The van der Waals surface area contributed by atoms with Gasteiger partial charge in [0.2, 0.25) is 0 Å². The van der Waals surface area contributed by atoms with Gasteiger partial charge in [-0.3, -0.25) is 4.79 Å². The van der Waals surface area contributed by atoms with Gasteiger partial charge in [-0.15, -0.1) is 0 Å². The molecule has 2 rings (SSSR count). The number of carboxylic acid groups (broad SMARTS) is 1. The highest BCUT2D eigenvalue weighted by atomic mass is 32.2. The second-order valence-electron chi connectivity index (χ2n) is 5.38. The smallest absolute Gasteiger partial charge is 0.422 e. The lowest BCUT2D eigenvalue weighted by Gasteiger charge is -2.24. The van der Waals surface area contributed by atoms with Crippen molar-refractivity contribution in [1.29, 1.82) is 0 Å². The molecule has 0 aliphatic carbocycles. The van der Waals surface area contributed by atoms with Crippen LogP contribution in [0.1, 0.15) is 6.42 Å². The largest absolute Gasteiger partial charge is 0.480 e. The molecular formula is C15H16F3NO5S. The van der Waals surface area contributed by atoms with Crippen molar-refractivity contribution in [2.45, 2.75) is 18.1 Å². The van der Waals surface area contributed by atoms with Crippen molar-refractivity contribution in [2.75, 3.05) is 24.7 Å². The number of halogens is 3. The van der Waals surface area contributed by atoms with Gasteiger partial charge in [0.1, 0.15) is 5.54 Å². The summed E-state index contributed by atoms with van der Waals surface area (Å²) >= 11 is 1.41. The van der Waals surface area contributed by atoms with Gasteiger partial charge in [0.05, 0.1) is 0 Å². The first-order valence-electron chi connectivity index (χ1n) is 7.25. The number of alkyl halides is 3. The molecular weight excluding hydrogens is 363 g/mol. The maximum atomic E-state index is 12.2. The molecule has 1 aliphatic heterocycles. The van der Waals surface area contributed by atoms with Crippen LogP contribution in [-0.4, -0.2) is 53.4 Å². The van der Waals surface area contributed by atoms with E-state index in [4.69, 9.17) is 4.74 Å². The highest BCUT2D eigenvalue weighted by molar-refractivity contribution is 7.99. The molecule has 0 aromatic heterocycles. The predicted octanol–water partition coefficient (Wildman–Crippen LogP) is 2.08. The minimum atomic E-state index is -4.50. The quantitative estimate of drug-likeness (QED) is 0.755. The third kappa shape index (κ3) is 5.45. The third-order valence-corrected chi connectivity index (χ3v) is 4.60. The lowest BCUT2D eigenvalue weighted by atomic mass is 9.99. The summed E-state index contributed by atoms with van der Waals surface area (Å²) in [6.45, 7) is -2.02. The summed E-state index contributed by atoms with van der Waals surface area (Å²) in [5, 5.41) is 11.7. The zero-order chi connectivity index (χ0) is 18.5. The number of hydrogen-bond acceptors (Lipinski definition) is 5. The lowest BCUT2D eigenvalue weighted by molar-refractivity contribution is -0.153. The van der Waals surface area contributed by atoms with E-state index in [1.165, 1.54) is 36.0 Å². The van der Waals surface area contributed by atoms with Gasteiger partial charge in [0, 0.05) is 5.75 Å². The number of thioether (sulfide) groups is 1. The van der Waals surface area contributed by atoms with Crippen LogP contribution in [0.15, 0.2) is 24.3 Å². The van der Waals surface area contributed by atoms with E-state index >= 15 is 0 Å². The summed E-state index contributed by atoms with van der Waals surface area (Å²) in [6, 6.07) is 5.62. The zero-order valence-corrected chi connectivity index (χ0v) is 13.8. The molecule has 1 unspecified atom stereocenters. The number of carboxylic acids is 1. The van der Waals surface area contributed by atoms with Gasteiger partial charge in [-0.2, -0.15) is 24.9 Å². The van der Waals surface area contributed by atoms with Crippen molar-refractivity contribution in [1.82, 2.24) is 5.32 Å². The van der Waals surface area contributed by atoms with Crippen LogP contribution >= 0.6 is 11.8 Å². The van der Waals surface area contributed by atoms with E-state index in [2.05, 4.69) is 10.1 Å². The van der Waals surface area contributed by atoms with Crippen LogP contribution in [0.5, 0.6) is 11.5 Å². The number of para-hydroxylation sites is 2. The highest BCUT2D eigenvalue weighted by Gasteiger charge is 2.43. The van der Waals surface area contributed by atoms with Crippen molar-refractivity contribution in [3.05, 3.63) is 24.3 Å². The van der Waals surface area contributed by atoms with Crippen LogP contribution < -0.4 is 14.8 Å². The number of carbonyl (C=O) groups is 2. The van der Waals surface area contributed by atoms with E-state index in [1.807, 2.05) is 0 Å². The van der Waals surface area contributed by atoms with Gasteiger partial charge in [0.25, 0.3) is 5.91 Å². The molecule has 6 nitrogen and oxygen atoms in total. The molecule has 1 atom stereocenters.